The van der Waals surface area contributed by atoms with Crippen molar-refractivity contribution in [2.75, 3.05) is 60.6 Å². The molecule has 32 nitrogen and oxygen atoms in total. The lowest BCUT2D eigenvalue weighted by Gasteiger charge is -2.30. The van der Waals surface area contributed by atoms with Gasteiger partial charge in [0, 0.05) is 64.8 Å². The molecule has 8 N–H and O–H groups in total. The van der Waals surface area contributed by atoms with Gasteiger partial charge in [-0.05, 0) is 174 Å². The van der Waals surface area contributed by atoms with Gasteiger partial charge < -0.3 is 14.2 Å². The summed E-state index contributed by atoms with van der Waals surface area (Å²) >= 11 is 0. The highest BCUT2D eigenvalue weighted by Gasteiger charge is 2.35. The van der Waals surface area contributed by atoms with Crippen LogP contribution in [0.1, 0.15) is 149 Å². The molecular formula is C89H105F6N19O13S4. The summed E-state index contributed by atoms with van der Waals surface area (Å²) < 4.78 is 200. The number of aryl methyl sites for hydroxylation is 6. The molecule has 1 saturated heterocycles. The lowest BCUT2D eigenvalue weighted by atomic mass is 10.0. The quantitative estimate of drug-likeness (QED) is 0.0232. The molecule has 4 aromatic heterocycles. The smallest absolute Gasteiger partial charge is 0.320 e. The number of likely N-dealkylation sites (N-methyl/N-ethyl adjacent to an activating group) is 2. The number of hydrogen-bond acceptors (Lipinski definition) is 24. The van der Waals surface area contributed by atoms with Gasteiger partial charge in [-0.1, -0.05) is 122 Å². The fourth-order valence-corrected chi connectivity index (χ4v) is 15.8. The van der Waals surface area contributed by atoms with Crippen molar-refractivity contribution >= 4 is 52.0 Å². The second-order valence-electron chi connectivity index (χ2n) is 32.1. The van der Waals surface area contributed by atoms with E-state index in [0.717, 1.165) is 79.9 Å². The van der Waals surface area contributed by atoms with Crippen LogP contribution in [0.15, 0.2) is 177 Å². The molecule has 1 atom stereocenters. The first-order valence-electron chi connectivity index (χ1n) is 41.2. The van der Waals surface area contributed by atoms with Crippen LogP contribution >= 0.6 is 0 Å². The SMILES string of the molecule is CCOC(=O)CN(C)Cc1nc(Cc2cc(C)ccc2C)n(-c2ccc(S(N)(=O)=O)cc2F)n1.COCCN(C)Cc1nc(C(C)c2ccccc2)n(-c2ccc(S(N)(=O)=O)cc2F)n1.Cc1ccc(C)c(Cc2nc(CN3CCC(F)(F)CC3)nn2-c2ccc(S(N)(=O)=O)cc2F)c1.Cc1ccc(C)c(Cc2nc(COC(=O)C(C)C)nn2-c2ccc(S(N)(=O)=O)cc2F)c1. The van der Waals surface area contributed by atoms with Gasteiger partial charge in [-0.3, -0.25) is 24.3 Å². The number of primary sulfonamides is 4. The fourth-order valence-electron chi connectivity index (χ4n) is 13.7. The van der Waals surface area contributed by atoms with Crippen LogP contribution in [-0.4, -0.2) is 186 Å². The summed E-state index contributed by atoms with van der Waals surface area (Å²) in [6, 6.07) is 41.3. The van der Waals surface area contributed by atoms with Crippen molar-refractivity contribution in [2.45, 2.75) is 159 Å². The van der Waals surface area contributed by atoms with Gasteiger partial charge in [0.15, 0.2) is 29.9 Å². The Morgan fingerprint density at radius 2 is 0.840 bits per heavy atom. The minimum absolute atomic E-state index is 0.00615. The van der Waals surface area contributed by atoms with Gasteiger partial charge in [0.2, 0.25) is 40.1 Å². The summed E-state index contributed by atoms with van der Waals surface area (Å²) in [5.41, 5.74) is 10.4. The zero-order valence-electron chi connectivity index (χ0n) is 74.5. The number of likely N-dealkylation sites (tertiary alicyclic amines) is 1. The Morgan fingerprint density at radius 1 is 0.473 bits per heavy atom. The van der Waals surface area contributed by atoms with Crippen molar-refractivity contribution in [2.24, 2.45) is 26.5 Å². The van der Waals surface area contributed by atoms with Crippen molar-refractivity contribution in [1.82, 2.24) is 73.8 Å². The summed E-state index contributed by atoms with van der Waals surface area (Å²) in [4.78, 5) is 46.2. The zero-order valence-corrected chi connectivity index (χ0v) is 77.8. The Kier molecular flexibility index (Phi) is 33.7. The van der Waals surface area contributed by atoms with Gasteiger partial charge in [-0.15, -0.1) is 20.4 Å². The van der Waals surface area contributed by atoms with Crippen LogP contribution in [0.3, 0.4) is 0 Å². The maximum atomic E-state index is 15.0. The van der Waals surface area contributed by atoms with E-state index in [1.54, 1.807) is 39.8 Å². The molecule has 0 saturated carbocycles. The molecule has 12 aromatic rings. The van der Waals surface area contributed by atoms with Gasteiger partial charge >= 0.3 is 11.9 Å². The summed E-state index contributed by atoms with van der Waals surface area (Å²) in [5.74, 6) is -3.76. The molecule has 13 rings (SSSR count). The first-order chi connectivity index (χ1) is 61.5. The van der Waals surface area contributed by atoms with E-state index in [1.165, 1.54) is 67.3 Å². The van der Waals surface area contributed by atoms with Crippen LogP contribution in [0, 0.1) is 70.7 Å². The molecule has 42 heteroatoms. The molecule has 131 heavy (non-hydrogen) atoms. The molecule has 8 aromatic carbocycles. The second kappa shape index (κ2) is 43.6. The third-order valence-electron chi connectivity index (χ3n) is 21.0. The highest BCUT2D eigenvalue weighted by Crippen LogP contribution is 2.32. The highest BCUT2D eigenvalue weighted by atomic mass is 32.2. The molecule has 0 amide bonds. The topological polar surface area (TPSA) is 435 Å². The molecule has 1 fully saturated rings. The van der Waals surface area contributed by atoms with Crippen molar-refractivity contribution in [1.29, 1.82) is 0 Å². The van der Waals surface area contributed by atoms with Crippen LogP contribution in [0.5, 0.6) is 0 Å². The Morgan fingerprint density at radius 3 is 1.23 bits per heavy atom. The fraction of sp³-hybridized carbons (Fsp3) is 0.348. The molecular weight excluding hydrogens is 1790 g/mol. The largest absolute Gasteiger partial charge is 0.465 e. The highest BCUT2D eigenvalue weighted by molar-refractivity contribution is 7.90. The monoisotopic (exact) mass is 1890 g/mol. The van der Waals surface area contributed by atoms with Crippen LogP contribution in [-0.2, 0) is 109 Å². The van der Waals surface area contributed by atoms with Crippen LogP contribution in [0.25, 0.3) is 22.7 Å². The molecule has 0 spiro atoms. The number of carbonyl (C=O) groups excluding carboxylic acids is 2. The molecule has 0 bridgehead atoms. The number of nitrogens with zero attached hydrogens (tertiary/aromatic N) is 15. The third kappa shape index (κ3) is 28.0. The lowest BCUT2D eigenvalue weighted by Crippen LogP contribution is -2.39. The number of carbonyl (C=O) groups is 2. The predicted octanol–water partition coefficient (Wildman–Crippen LogP) is 11.0. The van der Waals surface area contributed by atoms with E-state index in [-0.39, 0.29) is 125 Å². The van der Waals surface area contributed by atoms with E-state index in [4.69, 9.17) is 34.8 Å². The van der Waals surface area contributed by atoms with Crippen LogP contribution < -0.4 is 20.6 Å². The number of hydrogen-bond donors (Lipinski definition) is 4. The minimum atomic E-state index is -4.07. The first-order valence-corrected chi connectivity index (χ1v) is 47.4. The Bertz CT molecular complexity index is 6590. The number of piperidine rings is 1. The van der Waals surface area contributed by atoms with Crippen molar-refractivity contribution < 1.29 is 83.8 Å². The zero-order chi connectivity index (χ0) is 95.9. The number of esters is 2. The normalized spacial score (nSPS) is 13.3. The van der Waals surface area contributed by atoms with E-state index < -0.39 is 75.3 Å². The number of nitrogens with two attached hydrogens (primary N) is 4. The van der Waals surface area contributed by atoms with Crippen molar-refractivity contribution in [3.63, 3.8) is 0 Å². The number of rotatable bonds is 31. The number of aromatic nitrogens is 12. The minimum Gasteiger partial charge on any atom is -0.465 e. The number of ether oxygens (including phenoxy) is 3. The number of benzene rings is 8. The van der Waals surface area contributed by atoms with E-state index >= 15 is 0 Å². The first kappa shape index (κ1) is 101. The molecule has 1 aliphatic heterocycles. The maximum absolute atomic E-state index is 15.0. The average molecular weight is 1890 g/mol. The van der Waals surface area contributed by atoms with E-state index in [1.807, 2.05) is 150 Å². The summed E-state index contributed by atoms with van der Waals surface area (Å²) in [5, 5.41) is 38.2. The van der Waals surface area contributed by atoms with Crippen molar-refractivity contribution in [3.05, 3.63) is 283 Å². The maximum Gasteiger partial charge on any atom is 0.320 e. The van der Waals surface area contributed by atoms with Gasteiger partial charge in [-0.2, -0.15) is 0 Å². The van der Waals surface area contributed by atoms with E-state index in [2.05, 4.69) is 40.3 Å². The van der Waals surface area contributed by atoms with Gasteiger partial charge in [0.1, 0.15) is 69.3 Å². The molecule has 1 unspecified atom stereocenters. The van der Waals surface area contributed by atoms with Crippen molar-refractivity contribution in [3.8, 4) is 22.7 Å². The lowest BCUT2D eigenvalue weighted by molar-refractivity contribution is -0.149. The molecule has 700 valence electrons. The predicted molar refractivity (Wildman–Crippen MR) is 476 cm³/mol. The number of halogens is 6. The Labute approximate surface area is 757 Å². The molecule has 1 aliphatic rings. The van der Waals surface area contributed by atoms with E-state index in [0.29, 0.717) is 79.7 Å². The van der Waals surface area contributed by atoms with E-state index in [9.17, 15) is 69.6 Å². The number of sulfonamides is 4. The van der Waals surface area contributed by atoms with Crippen LogP contribution in [0.4, 0.5) is 26.3 Å². The second-order valence-corrected chi connectivity index (χ2v) is 38.3. The van der Waals surface area contributed by atoms with Crippen LogP contribution in [0.2, 0.25) is 0 Å². The molecule has 0 radical (unpaired) electrons. The van der Waals surface area contributed by atoms with Gasteiger partial charge in [0.25, 0.3) is 5.92 Å². The average Bonchev–Trinajstić information content (AvgIpc) is 1.75. The third-order valence-corrected chi connectivity index (χ3v) is 24.6. The molecule has 5 heterocycles. The van der Waals surface area contributed by atoms with Gasteiger partial charge in [0.05, 0.1) is 64.9 Å². The summed E-state index contributed by atoms with van der Waals surface area (Å²) in [6.07, 6.45) is 0.613. The standard InChI is InChI=1S/C23H26F3N5O2S.C23H28FN5O4S.C22H25FN4O4S.C21H26FN5O3S/c1-15-3-4-16(2)17(11-15)12-22-28-21(14-30-9-7-23(25,26)8-10-30)29-31(22)20-6-5-18(13-19(20)24)34(27,32)33;1-5-33-23(30)14-28(4)13-21-26-22(11-17-10-15(2)6-7-16(17)3)29(27-21)20-9-8-18(12-19(20)24)34(25,31)32;1-13(2)22(28)31-12-20-25-21(10-16-9-14(3)5-6-15(16)4)27(26-20)19-8-7-17(11-18(19)23)32(24,29)30;1-15(16-7-5-4-6-8-16)21-24-20(14-26(2)11-12-30-3)25-27(21)19-10-9-17(13-18(19)22)31(23,28)29/h3-6,11,13H,7-10,12,14H2,1-2H3,(H2,27,32,33);6-10,12H,5,11,13-14H2,1-4H3,(H2,25,31,32);5-9,11,13H,10,12H2,1-4H3,(H2,24,29,30);4-10,13,15H,11-12,14H2,1-3H3,(H2,23,28,29). The summed E-state index contributed by atoms with van der Waals surface area (Å²) in [6.45, 7) is 21.7. The Hall–Kier alpha value is -11.7. The van der Waals surface area contributed by atoms with Gasteiger partial charge in [-0.25, -0.2) is 119 Å². The number of methoxy groups -OCH3 is 1. The number of alkyl halides is 2. The summed E-state index contributed by atoms with van der Waals surface area (Å²) in [7, 11) is -10.9. The Balaban J connectivity index is 0.000000181. The molecule has 0 aliphatic carbocycles.